The molecule has 6 nitrogen and oxygen atoms in total. The lowest BCUT2D eigenvalue weighted by atomic mass is 10.1. The lowest BCUT2D eigenvalue weighted by Crippen LogP contribution is -2.37. The number of carboxylic acids is 1. The second-order valence-corrected chi connectivity index (χ2v) is 8.55. The van der Waals surface area contributed by atoms with Crippen LogP contribution in [0.4, 0.5) is 0 Å². The first-order valence-electron chi connectivity index (χ1n) is 7.90. The number of hydrogen-bond donors (Lipinski definition) is 1. The van der Waals surface area contributed by atoms with Crippen molar-refractivity contribution in [3.05, 3.63) is 28.8 Å². The Bertz CT molecular complexity index is 708. The highest BCUT2D eigenvalue weighted by Crippen LogP contribution is 2.25. The van der Waals surface area contributed by atoms with Crippen LogP contribution in [0.25, 0.3) is 0 Å². The fraction of sp³-hybridized carbons (Fsp3) is 0.562. The van der Waals surface area contributed by atoms with Gasteiger partial charge in [0.15, 0.2) is 0 Å². The third kappa shape index (κ3) is 4.47. The number of halogens is 1. The summed E-state index contributed by atoms with van der Waals surface area (Å²) in [7, 11) is -1.82. The van der Waals surface area contributed by atoms with Gasteiger partial charge in [-0.25, -0.2) is 8.42 Å². The van der Waals surface area contributed by atoms with Crippen LogP contribution in [0.2, 0.25) is 5.02 Å². The van der Waals surface area contributed by atoms with Crippen molar-refractivity contribution in [2.45, 2.75) is 37.1 Å². The number of hydrogen-bond acceptors (Lipinski definition) is 4. The highest BCUT2D eigenvalue weighted by atomic mass is 35.5. The zero-order chi connectivity index (χ0) is 17.9. The molecular formula is C16H23ClN2O4S. The minimum absolute atomic E-state index is 0.0367. The molecule has 134 valence electrons. The minimum atomic E-state index is -3.58. The SMILES string of the molecule is Cc1ccc(S(=O)(=O)N2CCCC(N(C)CC(=O)O)CC2)cc1Cl. The van der Waals surface area contributed by atoms with Crippen molar-refractivity contribution in [2.75, 3.05) is 26.7 Å². The van der Waals surface area contributed by atoms with Crippen molar-refractivity contribution >= 4 is 27.6 Å². The van der Waals surface area contributed by atoms with Crippen molar-refractivity contribution in [1.29, 1.82) is 0 Å². The summed E-state index contributed by atoms with van der Waals surface area (Å²) in [5, 5.41) is 9.34. The molecule has 1 aliphatic heterocycles. The summed E-state index contributed by atoms with van der Waals surface area (Å²) >= 11 is 6.06. The van der Waals surface area contributed by atoms with Crippen LogP contribution in [0.3, 0.4) is 0 Å². The fourth-order valence-electron chi connectivity index (χ4n) is 2.96. The topological polar surface area (TPSA) is 77.9 Å². The molecule has 8 heteroatoms. The lowest BCUT2D eigenvalue weighted by molar-refractivity contribution is -0.138. The number of nitrogens with zero attached hydrogens (tertiary/aromatic N) is 2. The Morgan fingerprint density at radius 2 is 2.08 bits per heavy atom. The second kappa shape index (κ2) is 7.82. The van der Waals surface area contributed by atoms with Gasteiger partial charge in [0.2, 0.25) is 10.0 Å². The Morgan fingerprint density at radius 3 is 2.71 bits per heavy atom. The maximum absolute atomic E-state index is 12.8. The molecule has 0 aromatic heterocycles. The summed E-state index contributed by atoms with van der Waals surface area (Å²) in [4.78, 5) is 12.8. The van der Waals surface area contributed by atoms with Gasteiger partial charge >= 0.3 is 5.97 Å². The van der Waals surface area contributed by atoms with Crippen molar-refractivity contribution in [3.63, 3.8) is 0 Å². The van der Waals surface area contributed by atoms with Gasteiger partial charge in [-0.2, -0.15) is 4.31 Å². The number of likely N-dealkylation sites (N-methyl/N-ethyl adjacent to an activating group) is 1. The van der Waals surface area contributed by atoms with E-state index < -0.39 is 16.0 Å². The van der Waals surface area contributed by atoms with Gasteiger partial charge in [0.1, 0.15) is 0 Å². The first-order chi connectivity index (χ1) is 11.2. The van der Waals surface area contributed by atoms with Gasteiger partial charge in [-0.15, -0.1) is 0 Å². The molecule has 24 heavy (non-hydrogen) atoms. The first kappa shape index (κ1) is 19.2. The molecule has 1 N–H and O–H groups in total. The molecule has 1 saturated heterocycles. The third-order valence-electron chi connectivity index (χ3n) is 4.45. The average molecular weight is 375 g/mol. The van der Waals surface area contributed by atoms with Crippen LogP contribution in [-0.4, -0.2) is 61.4 Å². The molecule has 0 spiro atoms. The number of aryl methyl sites for hydroxylation is 1. The van der Waals surface area contributed by atoms with Crippen LogP contribution < -0.4 is 0 Å². The maximum Gasteiger partial charge on any atom is 0.317 e. The summed E-state index contributed by atoms with van der Waals surface area (Å²) in [6, 6.07) is 4.85. The molecule has 1 aromatic rings. The van der Waals surface area contributed by atoms with Crippen molar-refractivity contribution < 1.29 is 18.3 Å². The van der Waals surface area contributed by atoms with Crippen LogP contribution in [0.1, 0.15) is 24.8 Å². The van der Waals surface area contributed by atoms with E-state index >= 15 is 0 Å². The number of aliphatic carboxylic acids is 1. The molecule has 0 saturated carbocycles. The van der Waals surface area contributed by atoms with E-state index in [4.69, 9.17) is 16.7 Å². The van der Waals surface area contributed by atoms with E-state index in [1.807, 2.05) is 6.92 Å². The number of rotatable bonds is 5. The molecule has 1 aliphatic rings. The summed E-state index contributed by atoms with van der Waals surface area (Å²) < 4.78 is 27.1. The summed E-state index contributed by atoms with van der Waals surface area (Å²) in [5.74, 6) is -0.875. The summed E-state index contributed by atoms with van der Waals surface area (Å²) in [5.41, 5.74) is 0.835. The summed E-state index contributed by atoms with van der Waals surface area (Å²) in [6.07, 6.45) is 2.10. The van der Waals surface area contributed by atoms with Gasteiger partial charge in [0.05, 0.1) is 11.4 Å². The Labute approximate surface area is 148 Å². The van der Waals surface area contributed by atoms with Gasteiger partial charge < -0.3 is 5.11 Å². The van der Waals surface area contributed by atoms with E-state index in [2.05, 4.69) is 0 Å². The highest BCUT2D eigenvalue weighted by molar-refractivity contribution is 7.89. The third-order valence-corrected chi connectivity index (χ3v) is 6.75. The molecule has 1 aromatic carbocycles. The Kier molecular flexibility index (Phi) is 6.25. The highest BCUT2D eigenvalue weighted by Gasteiger charge is 2.29. The molecule has 0 bridgehead atoms. The largest absolute Gasteiger partial charge is 0.480 e. The van der Waals surface area contributed by atoms with Gasteiger partial charge in [-0.05, 0) is 50.9 Å². The minimum Gasteiger partial charge on any atom is -0.480 e. The van der Waals surface area contributed by atoms with Gasteiger partial charge in [-0.1, -0.05) is 17.7 Å². The van der Waals surface area contributed by atoms with Crippen LogP contribution in [-0.2, 0) is 14.8 Å². The Morgan fingerprint density at radius 1 is 1.38 bits per heavy atom. The number of benzene rings is 1. The smallest absolute Gasteiger partial charge is 0.317 e. The monoisotopic (exact) mass is 374 g/mol. The van der Waals surface area contributed by atoms with Crippen molar-refractivity contribution in [3.8, 4) is 0 Å². The second-order valence-electron chi connectivity index (χ2n) is 6.21. The molecule has 1 unspecified atom stereocenters. The number of carbonyl (C=O) groups is 1. The van der Waals surface area contributed by atoms with E-state index in [0.717, 1.165) is 12.0 Å². The Balaban J connectivity index is 2.12. The van der Waals surface area contributed by atoms with E-state index in [1.165, 1.54) is 10.4 Å². The molecule has 0 aliphatic carbocycles. The quantitative estimate of drug-likeness (QED) is 0.854. The summed E-state index contributed by atoms with van der Waals surface area (Å²) in [6.45, 7) is 2.60. The zero-order valence-corrected chi connectivity index (χ0v) is 15.5. The van der Waals surface area contributed by atoms with Crippen LogP contribution >= 0.6 is 11.6 Å². The number of sulfonamides is 1. The van der Waals surface area contributed by atoms with Gasteiger partial charge in [0.25, 0.3) is 0 Å². The van der Waals surface area contributed by atoms with Crippen LogP contribution in [0, 0.1) is 6.92 Å². The van der Waals surface area contributed by atoms with E-state index in [9.17, 15) is 13.2 Å². The average Bonchev–Trinajstić information content (AvgIpc) is 2.75. The predicted molar refractivity (Wildman–Crippen MR) is 92.9 cm³/mol. The Hall–Kier alpha value is -1.15. The molecule has 1 atom stereocenters. The van der Waals surface area contributed by atoms with Crippen LogP contribution in [0.15, 0.2) is 23.1 Å². The first-order valence-corrected chi connectivity index (χ1v) is 9.72. The van der Waals surface area contributed by atoms with E-state index in [1.54, 1.807) is 24.1 Å². The molecular weight excluding hydrogens is 352 g/mol. The van der Waals surface area contributed by atoms with Crippen LogP contribution in [0.5, 0.6) is 0 Å². The molecule has 1 fully saturated rings. The zero-order valence-electron chi connectivity index (χ0n) is 13.9. The van der Waals surface area contributed by atoms with Crippen molar-refractivity contribution in [2.24, 2.45) is 0 Å². The van der Waals surface area contributed by atoms with E-state index in [0.29, 0.717) is 31.0 Å². The lowest BCUT2D eigenvalue weighted by Gasteiger charge is -2.25. The molecule has 1 heterocycles. The maximum atomic E-state index is 12.8. The molecule has 0 radical (unpaired) electrons. The van der Waals surface area contributed by atoms with Gasteiger partial charge in [0, 0.05) is 24.2 Å². The van der Waals surface area contributed by atoms with Crippen molar-refractivity contribution in [1.82, 2.24) is 9.21 Å². The predicted octanol–water partition coefficient (Wildman–Crippen LogP) is 2.21. The molecule has 2 rings (SSSR count). The van der Waals surface area contributed by atoms with Gasteiger partial charge in [-0.3, -0.25) is 9.69 Å². The number of carboxylic acid groups (broad SMARTS) is 1. The van der Waals surface area contributed by atoms with E-state index in [-0.39, 0.29) is 17.5 Å². The standard InChI is InChI=1S/C16H23ClN2O4S/c1-12-5-6-14(10-15(12)17)24(22,23)19-8-3-4-13(7-9-19)18(2)11-16(20)21/h5-6,10,13H,3-4,7-9,11H2,1-2H3,(H,20,21). The molecule has 0 amide bonds. The normalized spacial score (nSPS) is 20.1. The fourth-order valence-corrected chi connectivity index (χ4v) is 4.72.